The van der Waals surface area contributed by atoms with Crippen LogP contribution >= 0.6 is 11.3 Å². The smallest absolute Gasteiger partial charge is 0.347 e. The topological polar surface area (TPSA) is 68.7 Å². The third kappa shape index (κ3) is 3.49. The van der Waals surface area contributed by atoms with Crippen LogP contribution in [0.2, 0.25) is 0 Å². The van der Waals surface area contributed by atoms with Crippen LogP contribution in [0.5, 0.6) is 0 Å². The van der Waals surface area contributed by atoms with Crippen LogP contribution in [0.25, 0.3) is 0 Å². The van der Waals surface area contributed by atoms with E-state index < -0.39 is 5.97 Å². The van der Waals surface area contributed by atoms with Crippen molar-refractivity contribution in [3.63, 3.8) is 0 Å². The molecule has 1 unspecified atom stereocenters. The Morgan fingerprint density at radius 3 is 2.71 bits per heavy atom. The molecule has 0 bridgehead atoms. The van der Waals surface area contributed by atoms with E-state index in [1.165, 1.54) is 7.11 Å². The Hall–Kier alpha value is -0.980. The lowest BCUT2D eigenvalue weighted by Crippen LogP contribution is -2.01. The molecule has 0 fully saturated rings. The minimum Gasteiger partial charge on any atom is -0.477 e. The molecule has 1 N–H and O–H groups in total. The van der Waals surface area contributed by atoms with E-state index >= 15 is 0 Å². The molecule has 0 saturated carbocycles. The second-order valence-corrected chi connectivity index (χ2v) is 4.61. The first-order valence-corrected chi connectivity index (χ1v) is 6.20. The quantitative estimate of drug-likeness (QED) is 0.814. The van der Waals surface area contributed by atoms with Crippen molar-refractivity contribution in [1.82, 2.24) is 4.98 Å². The molecule has 1 atom stereocenters. The highest BCUT2D eigenvalue weighted by atomic mass is 32.1. The van der Waals surface area contributed by atoms with Gasteiger partial charge in [-0.1, -0.05) is 13.3 Å². The van der Waals surface area contributed by atoms with Crippen LogP contribution in [0.3, 0.4) is 0 Å². The standard InChI is InChI=1S/C11H17NO4S/c1-4-5-8(16-3)10-12-7(6-15-2)9(17-10)11(13)14/h8H,4-6H2,1-3H3,(H,13,14). The van der Waals surface area contributed by atoms with E-state index in [1.54, 1.807) is 7.11 Å². The first kappa shape index (κ1) is 14.1. The van der Waals surface area contributed by atoms with Crippen molar-refractivity contribution in [3.8, 4) is 0 Å². The highest BCUT2D eigenvalue weighted by molar-refractivity contribution is 7.13. The van der Waals surface area contributed by atoms with Crippen molar-refractivity contribution in [1.29, 1.82) is 0 Å². The van der Waals surface area contributed by atoms with Gasteiger partial charge >= 0.3 is 5.97 Å². The van der Waals surface area contributed by atoms with E-state index in [0.29, 0.717) is 10.7 Å². The lowest BCUT2D eigenvalue weighted by Gasteiger charge is -2.10. The van der Waals surface area contributed by atoms with Gasteiger partial charge in [0.15, 0.2) is 0 Å². The van der Waals surface area contributed by atoms with Gasteiger partial charge in [0.2, 0.25) is 0 Å². The molecule has 96 valence electrons. The normalized spacial score (nSPS) is 12.6. The fourth-order valence-corrected chi connectivity index (χ4v) is 2.53. The third-order valence-electron chi connectivity index (χ3n) is 2.30. The number of carboxylic acid groups (broad SMARTS) is 1. The van der Waals surface area contributed by atoms with Crippen LogP contribution in [0.1, 0.15) is 46.2 Å². The van der Waals surface area contributed by atoms with Crippen LogP contribution in [-0.2, 0) is 16.1 Å². The second kappa shape index (κ2) is 6.68. The van der Waals surface area contributed by atoms with E-state index in [9.17, 15) is 4.79 Å². The summed E-state index contributed by atoms with van der Waals surface area (Å²) in [5, 5.41) is 9.77. The Balaban J connectivity index is 3.00. The summed E-state index contributed by atoms with van der Waals surface area (Å²) in [6.07, 6.45) is 1.66. The zero-order chi connectivity index (χ0) is 12.8. The zero-order valence-electron chi connectivity index (χ0n) is 10.2. The van der Waals surface area contributed by atoms with E-state index in [0.717, 1.165) is 24.2 Å². The van der Waals surface area contributed by atoms with Gasteiger partial charge in [0, 0.05) is 14.2 Å². The SMILES string of the molecule is CCCC(OC)c1nc(COC)c(C(=O)O)s1. The highest BCUT2D eigenvalue weighted by Crippen LogP contribution is 2.29. The molecule has 6 heteroatoms. The van der Waals surface area contributed by atoms with Crippen LogP contribution in [-0.4, -0.2) is 30.3 Å². The molecular weight excluding hydrogens is 242 g/mol. The largest absolute Gasteiger partial charge is 0.477 e. The van der Waals surface area contributed by atoms with Gasteiger partial charge in [-0.15, -0.1) is 11.3 Å². The molecular formula is C11H17NO4S. The summed E-state index contributed by atoms with van der Waals surface area (Å²) in [5.74, 6) is -0.966. The molecule has 0 aliphatic rings. The van der Waals surface area contributed by atoms with Crippen LogP contribution in [0, 0.1) is 0 Å². The lowest BCUT2D eigenvalue weighted by atomic mass is 10.2. The summed E-state index contributed by atoms with van der Waals surface area (Å²) in [7, 11) is 3.13. The highest BCUT2D eigenvalue weighted by Gasteiger charge is 2.21. The Morgan fingerprint density at radius 1 is 1.53 bits per heavy atom. The van der Waals surface area contributed by atoms with E-state index in [2.05, 4.69) is 4.98 Å². The number of carboxylic acids is 1. The fourth-order valence-electron chi connectivity index (χ4n) is 1.51. The van der Waals surface area contributed by atoms with E-state index in [1.807, 2.05) is 6.92 Å². The summed E-state index contributed by atoms with van der Waals surface area (Å²) >= 11 is 1.16. The molecule has 0 aliphatic heterocycles. The van der Waals surface area contributed by atoms with Gasteiger partial charge in [0.05, 0.1) is 12.3 Å². The summed E-state index contributed by atoms with van der Waals surface area (Å²) in [6.45, 7) is 2.26. The van der Waals surface area contributed by atoms with E-state index in [-0.39, 0.29) is 17.6 Å². The summed E-state index contributed by atoms with van der Waals surface area (Å²) in [4.78, 5) is 15.6. The van der Waals surface area contributed by atoms with Crippen molar-refractivity contribution in [2.75, 3.05) is 14.2 Å². The zero-order valence-corrected chi connectivity index (χ0v) is 11.0. The van der Waals surface area contributed by atoms with E-state index in [4.69, 9.17) is 14.6 Å². The average molecular weight is 259 g/mol. The molecule has 17 heavy (non-hydrogen) atoms. The number of methoxy groups -OCH3 is 2. The lowest BCUT2D eigenvalue weighted by molar-refractivity contribution is 0.0696. The van der Waals surface area contributed by atoms with Crippen LogP contribution < -0.4 is 0 Å². The molecule has 0 aromatic carbocycles. The maximum atomic E-state index is 11.1. The van der Waals surface area contributed by atoms with Crippen molar-refractivity contribution < 1.29 is 19.4 Å². The molecule has 1 rings (SSSR count). The number of hydrogen-bond acceptors (Lipinski definition) is 5. The van der Waals surface area contributed by atoms with Gasteiger partial charge in [0.25, 0.3) is 0 Å². The number of thiazole rings is 1. The minimum atomic E-state index is -0.966. The molecule has 0 aliphatic carbocycles. The predicted molar refractivity (Wildman–Crippen MR) is 64.4 cm³/mol. The number of ether oxygens (including phenoxy) is 2. The number of aromatic nitrogens is 1. The van der Waals surface area contributed by atoms with Gasteiger partial charge < -0.3 is 14.6 Å². The molecule has 1 heterocycles. The Kier molecular flexibility index (Phi) is 5.54. The molecule has 0 saturated heterocycles. The Morgan fingerprint density at radius 2 is 2.24 bits per heavy atom. The van der Waals surface area contributed by atoms with Crippen LogP contribution in [0.4, 0.5) is 0 Å². The molecule has 0 spiro atoms. The summed E-state index contributed by atoms with van der Waals surface area (Å²) in [6, 6.07) is 0. The molecule has 0 amide bonds. The van der Waals surface area contributed by atoms with Crippen LogP contribution in [0.15, 0.2) is 0 Å². The molecule has 0 radical (unpaired) electrons. The van der Waals surface area contributed by atoms with Crippen molar-refractivity contribution in [2.45, 2.75) is 32.5 Å². The molecule has 1 aromatic rings. The number of aromatic carboxylic acids is 1. The first-order valence-electron chi connectivity index (χ1n) is 5.38. The van der Waals surface area contributed by atoms with Gasteiger partial charge in [-0.25, -0.2) is 9.78 Å². The number of rotatable bonds is 7. The minimum absolute atomic E-state index is 0.131. The Labute approximate surface area is 104 Å². The molecule has 1 aromatic heterocycles. The predicted octanol–water partition coefficient (Wildman–Crippen LogP) is 2.48. The monoisotopic (exact) mass is 259 g/mol. The number of carbonyl (C=O) groups is 1. The second-order valence-electron chi connectivity index (χ2n) is 3.58. The number of hydrogen-bond donors (Lipinski definition) is 1. The number of nitrogens with zero attached hydrogens (tertiary/aromatic N) is 1. The average Bonchev–Trinajstić information content (AvgIpc) is 2.70. The van der Waals surface area contributed by atoms with Gasteiger partial charge in [-0.3, -0.25) is 0 Å². The van der Waals surface area contributed by atoms with Gasteiger partial charge in [-0.05, 0) is 6.42 Å². The van der Waals surface area contributed by atoms with Crippen molar-refractivity contribution >= 4 is 17.3 Å². The maximum absolute atomic E-state index is 11.1. The Bertz CT molecular complexity index is 378. The maximum Gasteiger partial charge on any atom is 0.347 e. The summed E-state index contributed by atoms with van der Waals surface area (Å²) in [5.41, 5.74) is 0.471. The summed E-state index contributed by atoms with van der Waals surface area (Å²) < 4.78 is 10.3. The first-order chi connectivity index (χ1) is 8.13. The van der Waals surface area contributed by atoms with Crippen molar-refractivity contribution in [2.24, 2.45) is 0 Å². The molecule has 5 nitrogen and oxygen atoms in total. The third-order valence-corrected chi connectivity index (χ3v) is 3.48. The van der Waals surface area contributed by atoms with Gasteiger partial charge in [-0.2, -0.15) is 0 Å². The fraction of sp³-hybridized carbons (Fsp3) is 0.636. The van der Waals surface area contributed by atoms with Crippen molar-refractivity contribution in [3.05, 3.63) is 15.6 Å². The van der Waals surface area contributed by atoms with Gasteiger partial charge in [0.1, 0.15) is 16.0 Å².